The molecule has 0 aliphatic carbocycles. The van der Waals surface area contributed by atoms with E-state index in [1.165, 1.54) is 11.8 Å². The van der Waals surface area contributed by atoms with Crippen LogP contribution in [0, 0.1) is 0 Å². The van der Waals surface area contributed by atoms with E-state index < -0.39 is 0 Å². The summed E-state index contributed by atoms with van der Waals surface area (Å²) < 4.78 is 7.25. The van der Waals surface area contributed by atoms with E-state index in [1.807, 2.05) is 70.6 Å². The number of nitrogens with zero attached hydrogens (tertiary/aromatic N) is 3. The second-order valence-electron chi connectivity index (χ2n) is 6.66. The Morgan fingerprint density at radius 2 is 1.90 bits per heavy atom. The summed E-state index contributed by atoms with van der Waals surface area (Å²) in [4.78, 5) is 13.6. The van der Waals surface area contributed by atoms with Gasteiger partial charge in [-0.25, -0.2) is 0 Å². The largest absolute Gasteiger partial charge is 0.497 e. The van der Waals surface area contributed by atoms with Crippen LogP contribution in [0.2, 0.25) is 0 Å². The summed E-state index contributed by atoms with van der Waals surface area (Å²) in [5.41, 5.74) is 2.88. The van der Waals surface area contributed by atoms with Crippen molar-refractivity contribution < 1.29 is 9.53 Å². The van der Waals surface area contributed by atoms with Crippen LogP contribution in [-0.2, 0) is 11.2 Å². The van der Waals surface area contributed by atoms with Crippen molar-refractivity contribution in [3.8, 4) is 22.1 Å². The molecule has 0 saturated heterocycles. The summed E-state index contributed by atoms with van der Waals surface area (Å²) >= 11 is 2.96. The molecule has 158 valence electrons. The number of ether oxygens (including phenoxy) is 1. The summed E-state index contributed by atoms with van der Waals surface area (Å²) in [5.74, 6) is 1.68. The third-order valence-corrected chi connectivity index (χ3v) is 6.51. The fourth-order valence-corrected chi connectivity index (χ4v) is 4.61. The molecule has 1 amide bonds. The highest BCUT2D eigenvalue weighted by molar-refractivity contribution is 7.99. The van der Waals surface area contributed by atoms with Gasteiger partial charge in [0, 0.05) is 5.69 Å². The van der Waals surface area contributed by atoms with Gasteiger partial charge < -0.3 is 10.1 Å². The first-order valence-corrected chi connectivity index (χ1v) is 11.7. The van der Waals surface area contributed by atoms with Gasteiger partial charge in [0.25, 0.3) is 0 Å². The lowest BCUT2D eigenvalue weighted by Gasteiger charge is -2.11. The van der Waals surface area contributed by atoms with Crippen molar-refractivity contribution in [2.45, 2.75) is 18.5 Å². The molecule has 2 heterocycles. The highest BCUT2D eigenvalue weighted by Crippen LogP contribution is 2.31. The smallest absolute Gasteiger partial charge is 0.234 e. The maximum atomic E-state index is 12.6. The van der Waals surface area contributed by atoms with Crippen LogP contribution in [-0.4, -0.2) is 33.5 Å². The van der Waals surface area contributed by atoms with Crippen LogP contribution in [0.4, 0.5) is 5.69 Å². The molecule has 0 spiro atoms. The van der Waals surface area contributed by atoms with E-state index in [1.54, 1.807) is 18.4 Å². The molecule has 0 aliphatic heterocycles. The third kappa shape index (κ3) is 4.81. The highest BCUT2D eigenvalue weighted by Gasteiger charge is 2.18. The first kappa shape index (κ1) is 21.1. The van der Waals surface area contributed by atoms with E-state index in [4.69, 9.17) is 4.74 Å². The number of hydrogen-bond donors (Lipinski definition) is 1. The van der Waals surface area contributed by atoms with Crippen LogP contribution in [0.15, 0.2) is 71.2 Å². The van der Waals surface area contributed by atoms with E-state index in [9.17, 15) is 4.79 Å². The number of thioether (sulfide) groups is 1. The van der Waals surface area contributed by atoms with Crippen molar-refractivity contribution in [2.24, 2.45) is 0 Å². The van der Waals surface area contributed by atoms with Crippen molar-refractivity contribution in [1.29, 1.82) is 0 Å². The molecule has 0 atom stereocenters. The highest BCUT2D eigenvalue weighted by atomic mass is 32.2. The molecule has 0 aliphatic rings. The van der Waals surface area contributed by atoms with Crippen molar-refractivity contribution in [2.75, 3.05) is 18.2 Å². The van der Waals surface area contributed by atoms with Gasteiger partial charge >= 0.3 is 0 Å². The van der Waals surface area contributed by atoms with Crippen molar-refractivity contribution >= 4 is 34.7 Å². The summed E-state index contributed by atoms with van der Waals surface area (Å²) in [6.45, 7) is 2.07. The zero-order chi connectivity index (χ0) is 21.6. The Labute approximate surface area is 189 Å². The molecule has 0 bridgehead atoms. The molecule has 0 fully saturated rings. The van der Waals surface area contributed by atoms with Crippen LogP contribution in [0.5, 0.6) is 5.75 Å². The molecule has 4 aromatic rings. The van der Waals surface area contributed by atoms with Crippen molar-refractivity contribution in [1.82, 2.24) is 14.8 Å². The molecule has 0 unspecified atom stereocenters. The van der Waals surface area contributed by atoms with Crippen LogP contribution >= 0.6 is 23.1 Å². The Morgan fingerprint density at radius 3 is 2.61 bits per heavy atom. The topological polar surface area (TPSA) is 69.0 Å². The molecule has 0 radical (unpaired) electrons. The summed E-state index contributed by atoms with van der Waals surface area (Å²) in [5, 5.41) is 14.5. The predicted octanol–water partition coefficient (Wildman–Crippen LogP) is 5.30. The number of thiophene rings is 1. The molecule has 6 nitrogen and oxygen atoms in total. The molecule has 31 heavy (non-hydrogen) atoms. The number of anilines is 1. The lowest BCUT2D eigenvalue weighted by atomic mass is 10.1. The van der Waals surface area contributed by atoms with E-state index >= 15 is 0 Å². The van der Waals surface area contributed by atoms with Crippen molar-refractivity contribution in [3.05, 3.63) is 71.6 Å². The summed E-state index contributed by atoms with van der Waals surface area (Å²) in [6, 6.07) is 19.6. The van der Waals surface area contributed by atoms with E-state index in [-0.39, 0.29) is 11.7 Å². The number of aryl methyl sites for hydroxylation is 1. The van der Waals surface area contributed by atoms with Gasteiger partial charge in [-0.2, -0.15) is 0 Å². The Morgan fingerprint density at radius 1 is 1.10 bits per heavy atom. The molecule has 1 N–H and O–H groups in total. The van der Waals surface area contributed by atoms with E-state index in [2.05, 4.69) is 22.4 Å². The van der Waals surface area contributed by atoms with Gasteiger partial charge in [0.1, 0.15) is 5.75 Å². The van der Waals surface area contributed by atoms with Crippen LogP contribution in [0.1, 0.15) is 12.5 Å². The summed E-state index contributed by atoms with van der Waals surface area (Å²) in [6.07, 6.45) is 0.861. The van der Waals surface area contributed by atoms with E-state index in [0.29, 0.717) is 5.16 Å². The minimum atomic E-state index is -0.0761. The maximum absolute atomic E-state index is 12.6. The van der Waals surface area contributed by atoms with Gasteiger partial charge in [-0.05, 0) is 53.8 Å². The SMILES string of the molecule is CCc1ccccc1NC(=O)CSc1nnc(-c2cccs2)n1-c1ccc(OC)cc1. The van der Waals surface area contributed by atoms with Gasteiger partial charge in [0.05, 0.1) is 23.4 Å². The number of benzene rings is 2. The first-order chi connectivity index (χ1) is 15.2. The zero-order valence-electron chi connectivity index (χ0n) is 17.2. The second-order valence-corrected chi connectivity index (χ2v) is 8.55. The first-order valence-electron chi connectivity index (χ1n) is 9.84. The summed E-state index contributed by atoms with van der Waals surface area (Å²) in [7, 11) is 1.64. The minimum absolute atomic E-state index is 0.0761. The van der Waals surface area contributed by atoms with Crippen LogP contribution in [0.25, 0.3) is 16.4 Å². The van der Waals surface area contributed by atoms with E-state index in [0.717, 1.165) is 39.8 Å². The Bertz CT molecular complexity index is 1150. The maximum Gasteiger partial charge on any atom is 0.234 e. The molecule has 0 saturated carbocycles. The number of methoxy groups -OCH3 is 1. The average Bonchev–Trinajstić information content (AvgIpc) is 3.48. The average molecular weight is 451 g/mol. The van der Waals surface area contributed by atoms with Gasteiger partial charge in [-0.15, -0.1) is 21.5 Å². The van der Waals surface area contributed by atoms with Gasteiger partial charge in [0.2, 0.25) is 5.91 Å². The standard InChI is InChI=1S/C23H22N4O2S2/c1-3-16-7-4-5-8-19(16)24-21(28)15-31-23-26-25-22(20-9-6-14-30-20)27(23)17-10-12-18(29-2)13-11-17/h4-14H,3,15H2,1-2H3,(H,24,28). The lowest BCUT2D eigenvalue weighted by molar-refractivity contribution is -0.113. The fraction of sp³-hybridized carbons (Fsp3) is 0.174. The number of carbonyl (C=O) groups is 1. The molecule has 8 heteroatoms. The number of para-hydroxylation sites is 1. The quantitative estimate of drug-likeness (QED) is 0.369. The molecular weight excluding hydrogens is 428 g/mol. The Hall–Kier alpha value is -3.10. The minimum Gasteiger partial charge on any atom is -0.497 e. The predicted molar refractivity (Wildman–Crippen MR) is 126 cm³/mol. The number of hydrogen-bond acceptors (Lipinski definition) is 6. The second kappa shape index (κ2) is 9.80. The third-order valence-electron chi connectivity index (χ3n) is 4.71. The Balaban J connectivity index is 1.57. The number of nitrogens with one attached hydrogen (secondary N) is 1. The zero-order valence-corrected chi connectivity index (χ0v) is 18.9. The molecule has 2 aromatic heterocycles. The number of carbonyl (C=O) groups excluding carboxylic acids is 1. The van der Waals surface area contributed by atoms with Gasteiger partial charge in [0.15, 0.2) is 11.0 Å². The van der Waals surface area contributed by atoms with Gasteiger partial charge in [-0.1, -0.05) is 43.0 Å². The monoisotopic (exact) mass is 450 g/mol. The van der Waals surface area contributed by atoms with Gasteiger partial charge in [-0.3, -0.25) is 9.36 Å². The molecular formula is C23H22N4O2S2. The Kier molecular flexibility index (Phi) is 6.69. The number of amides is 1. The molecule has 2 aromatic carbocycles. The number of rotatable bonds is 8. The molecule has 4 rings (SSSR count). The van der Waals surface area contributed by atoms with Crippen LogP contribution in [0.3, 0.4) is 0 Å². The fourth-order valence-electron chi connectivity index (χ4n) is 3.16. The number of aromatic nitrogens is 3. The van der Waals surface area contributed by atoms with Crippen molar-refractivity contribution in [3.63, 3.8) is 0 Å². The normalized spacial score (nSPS) is 10.8. The van der Waals surface area contributed by atoms with Crippen LogP contribution < -0.4 is 10.1 Å². The lowest BCUT2D eigenvalue weighted by Crippen LogP contribution is -2.15.